The molecule has 5 heteroatoms. The van der Waals surface area contributed by atoms with Gasteiger partial charge in [-0.25, -0.2) is 0 Å². The predicted octanol–water partition coefficient (Wildman–Crippen LogP) is 4.99. The molecule has 124 valence electrons. The first-order chi connectivity index (χ1) is 11.6. The molecule has 0 aliphatic heterocycles. The minimum Gasteiger partial charge on any atom is -0.495 e. The van der Waals surface area contributed by atoms with Crippen molar-refractivity contribution >= 4 is 23.0 Å². The molecule has 0 saturated heterocycles. The summed E-state index contributed by atoms with van der Waals surface area (Å²) in [5, 5.41) is 0.623. The summed E-state index contributed by atoms with van der Waals surface area (Å²) in [7, 11) is 1.57. The van der Waals surface area contributed by atoms with Crippen LogP contribution in [-0.2, 0) is 0 Å². The van der Waals surface area contributed by atoms with Gasteiger partial charge in [-0.1, -0.05) is 29.8 Å². The molecule has 0 radical (unpaired) electrons. The molecule has 24 heavy (non-hydrogen) atoms. The summed E-state index contributed by atoms with van der Waals surface area (Å²) < 4.78 is 10.5. The van der Waals surface area contributed by atoms with Gasteiger partial charge >= 0.3 is 0 Å². The van der Waals surface area contributed by atoms with Crippen LogP contribution in [0.2, 0.25) is 5.02 Å². The van der Waals surface area contributed by atoms with E-state index in [0.29, 0.717) is 16.5 Å². The van der Waals surface area contributed by atoms with E-state index in [1.54, 1.807) is 25.3 Å². The summed E-state index contributed by atoms with van der Waals surface area (Å²) in [5.74, 6) is 2.28. The zero-order chi connectivity index (χ0) is 17.4. The number of methoxy groups -OCH3 is 1. The van der Waals surface area contributed by atoms with Crippen LogP contribution in [0.5, 0.6) is 17.2 Å². The Bertz CT molecular complexity index is 762. The van der Waals surface area contributed by atoms with Crippen LogP contribution >= 0.6 is 11.6 Å². The van der Waals surface area contributed by atoms with Gasteiger partial charge in [0, 0.05) is 10.7 Å². The number of hydrogen-bond acceptors (Lipinski definition) is 4. The second-order valence-electron chi connectivity index (χ2n) is 4.87. The van der Waals surface area contributed by atoms with Crippen LogP contribution in [-0.4, -0.2) is 7.11 Å². The smallest absolute Gasteiger partial charge is 0.141 e. The van der Waals surface area contributed by atoms with Crippen molar-refractivity contribution in [2.24, 2.45) is 0 Å². The Morgan fingerprint density at radius 2 is 1.42 bits per heavy atom. The van der Waals surface area contributed by atoms with Gasteiger partial charge in [0.1, 0.15) is 17.2 Å². The highest BCUT2D eigenvalue weighted by Gasteiger charge is 1.97. The maximum Gasteiger partial charge on any atom is 0.141 e. The molecular weight excluding hydrogens is 324 g/mol. The molecular formula is C19H19ClN2O2. The van der Waals surface area contributed by atoms with Crippen LogP contribution < -0.4 is 20.9 Å². The zero-order valence-corrected chi connectivity index (χ0v) is 14.0. The molecule has 0 fully saturated rings. The van der Waals surface area contributed by atoms with E-state index in [2.05, 4.69) is 0 Å². The Kier molecular flexibility index (Phi) is 6.34. The fraction of sp³-hybridized carbons (Fsp3) is 0.0526. The van der Waals surface area contributed by atoms with Crippen LogP contribution in [0, 0.1) is 0 Å². The van der Waals surface area contributed by atoms with Gasteiger partial charge in [0.2, 0.25) is 0 Å². The highest BCUT2D eigenvalue weighted by atomic mass is 35.5. The molecule has 3 rings (SSSR count). The molecule has 0 saturated carbocycles. The molecule has 0 atom stereocenters. The SMILES string of the molecule is COc1ccc(Cl)cc1N.Nc1ccc(Oc2ccccc2)cc1. The predicted molar refractivity (Wildman–Crippen MR) is 99.8 cm³/mol. The fourth-order valence-electron chi connectivity index (χ4n) is 1.87. The van der Waals surface area contributed by atoms with Crippen LogP contribution in [0.1, 0.15) is 0 Å². The Hall–Kier alpha value is -2.85. The molecule has 4 nitrogen and oxygen atoms in total. The Labute approximate surface area is 146 Å². The summed E-state index contributed by atoms with van der Waals surface area (Å²) in [4.78, 5) is 0. The minimum absolute atomic E-state index is 0.565. The lowest BCUT2D eigenvalue weighted by molar-refractivity contribution is 0.417. The van der Waals surface area contributed by atoms with E-state index < -0.39 is 0 Å². The summed E-state index contributed by atoms with van der Waals surface area (Å²) in [5.41, 5.74) is 12.4. The van der Waals surface area contributed by atoms with Gasteiger partial charge < -0.3 is 20.9 Å². The van der Waals surface area contributed by atoms with Crippen molar-refractivity contribution in [3.05, 3.63) is 77.8 Å². The minimum atomic E-state index is 0.565. The van der Waals surface area contributed by atoms with Crippen LogP contribution in [0.4, 0.5) is 11.4 Å². The van der Waals surface area contributed by atoms with E-state index in [1.165, 1.54) is 0 Å². The molecule has 3 aromatic carbocycles. The van der Waals surface area contributed by atoms with Gasteiger partial charge in [-0.3, -0.25) is 0 Å². The van der Waals surface area contributed by atoms with E-state index in [0.717, 1.165) is 17.2 Å². The molecule has 0 aliphatic rings. The third-order valence-electron chi connectivity index (χ3n) is 3.05. The summed E-state index contributed by atoms with van der Waals surface area (Å²) in [6.45, 7) is 0. The average Bonchev–Trinajstić information content (AvgIpc) is 2.59. The summed E-state index contributed by atoms with van der Waals surface area (Å²) >= 11 is 5.64. The zero-order valence-electron chi connectivity index (χ0n) is 13.3. The number of anilines is 2. The number of hydrogen-bond donors (Lipinski definition) is 2. The van der Waals surface area contributed by atoms with Gasteiger partial charge in [-0.15, -0.1) is 0 Å². The molecule has 0 unspecified atom stereocenters. The van der Waals surface area contributed by atoms with Gasteiger partial charge in [-0.05, 0) is 54.6 Å². The highest BCUT2D eigenvalue weighted by molar-refractivity contribution is 6.30. The Morgan fingerprint density at radius 1 is 0.792 bits per heavy atom. The van der Waals surface area contributed by atoms with Crippen molar-refractivity contribution in [1.82, 2.24) is 0 Å². The first kappa shape index (κ1) is 17.5. The molecule has 4 N–H and O–H groups in total. The quantitative estimate of drug-likeness (QED) is 0.658. The fourth-order valence-corrected chi connectivity index (χ4v) is 2.05. The first-order valence-corrected chi connectivity index (χ1v) is 7.64. The second kappa shape index (κ2) is 8.70. The number of benzene rings is 3. The molecule has 0 aliphatic carbocycles. The standard InChI is InChI=1S/C12H11NO.C7H8ClNO/c13-10-6-8-12(9-7-10)14-11-4-2-1-3-5-11;1-10-7-3-2-5(8)4-6(7)9/h1-9H,13H2;2-4H,9H2,1H3. The van der Waals surface area contributed by atoms with Gasteiger partial charge in [0.25, 0.3) is 0 Å². The normalized spacial score (nSPS) is 9.58. The molecule has 0 aromatic heterocycles. The topological polar surface area (TPSA) is 70.5 Å². The lowest BCUT2D eigenvalue weighted by Crippen LogP contribution is -1.90. The number of halogens is 1. The van der Waals surface area contributed by atoms with Crippen molar-refractivity contribution in [2.75, 3.05) is 18.6 Å². The molecule has 0 spiro atoms. The van der Waals surface area contributed by atoms with Gasteiger partial charge in [-0.2, -0.15) is 0 Å². The average molecular weight is 343 g/mol. The number of nitrogens with two attached hydrogens (primary N) is 2. The summed E-state index contributed by atoms with van der Waals surface area (Å²) in [6, 6.07) is 22.1. The Balaban J connectivity index is 0.000000185. The lowest BCUT2D eigenvalue weighted by Gasteiger charge is -2.04. The van der Waals surface area contributed by atoms with Crippen molar-refractivity contribution in [3.63, 3.8) is 0 Å². The van der Waals surface area contributed by atoms with E-state index in [4.69, 9.17) is 32.5 Å². The Morgan fingerprint density at radius 3 is 2.00 bits per heavy atom. The van der Waals surface area contributed by atoms with Gasteiger partial charge in [0.15, 0.2) is 0 Å². The molecule has 3 aromatic rings. The number of ether oxygens (including phenoxy) is 2. The van der Waals surface area contributed by atoms with E-state index >= 15 is 0 Å². The first-order valence-electron chi connectivity index (χ1n) is 7.26. The third-order valence-corrected chi connectivity index (χ3v) is 3.29. The maximum absolute atomic E-state index is 5.64. The van der Waals surface area contributed by atoms with Crippen LogP contribution in [0.25, 0.3) is 0 Å². The lowest BCUT2D eigenvalue weighted by atomic mass is 10.3. The van der Waals surface area contributed by atoms with Gasteiger partial charge in [0.05, 0.1) is 12.8 Å². The molecule has 0 amide bonds. The van der Waals surface area contributed by atoms with E-state index in [-0.39, 0.29) is 0 Å². The monoisotopic (exact) mass is 342 g/mol. The van der Waals surface area contributed by atoms with Crippen LogP contribution in [0.15, 0.2) is 72.8 Å². The van der Waals surface area contributed by atoms with Crippen molar-refractivity contribution in [3.8, 4) is 17.2 Å². The van der Waals surface area contributed by atoms with E-state index in [9.17, 15) is 0 Å². The second-order valence-corrected chi connectivity index (χ2v) is 5.31. The largest absolute Gasteiger partial charge is 0.495 e. The third kappa shape index (κ3) is 5.41. The van der Waals surface area contributed by atoms with Crippen molar-refractivity contribution in [2.45, 2.75) is 0 Å². The highest BCUT2D eigenvalue weighted by Crippen LogP contribution is 2.24. The summed E-state index contributed by atoms with van der Waals surface area (Å²) in [6.07, 6.45) is 0. The van der Waals surface area contributed by atoms with E-state index in [1.807, 2.05) is 54.6 Å². The number of nitrogen functional groups attached to an aromatic ring is 2. The van der Waals surface area contributed by atoms with Crippen molar-refractivity contribution < 1.29 is 9.47 Å². The molecule has 0 bridgehead atoms. The van der Waals surface area contributed by atoms with Crippen molar-refractivity contribution in [1.29, 1.82) is 0 Å². The number of para-hydroxylation sites is 1. The van der Waals surface area contributed by atoms with Crippen LogP contribution in [0.3, 0.4) is 0 Å². The number of rotatable bonds is 3. The maximum atomic E-state index is 5.64. The molecule has 0 heterocycles.